The van der Waals surface area contributed by atoms with Gasteiger partial charge in [-0.3, -0.25) is 14.9 Å². The zero-order valence-corrected chi connectivity index (χ0v) is 15.5. The Labute approximate surface area is 165 Å². The van der Waals surface area contributed by atoms with Gasteiger partial charge in [0, 0.05) is 24.9 Å². The van der Waals surface area contributed by atoms with Crippen LogP contribution in [0, 0.1) is 0 Å². The van der Waals surface area contributed by atoms with Gasteiger partial charge >= 0.3 is 6.18 Å². The van der Waals surface area contributed by atoms with Crippen molar-refractivity contribution in [2.24, 2.45) is 0 Å². The number of halogens is 3. The van der Waals surface area contributed by atoms with Gasteiger partial charge in [0.2, 0.25) is 0 Å². The minimum Gasteiger partial charge on any atom is -0.329 e. The molecular weight excluding hydrogens is 381 g/mol. The van der Waals surface area contributed by atoms with Crippen molar-refractivity contribution in [3.8, 4) is 0 Å². The lowest BCUT2D eigenvalue weighted by atomic mass is 10.1. The van der Waals surface area contributed by atoms with Gasteiger partial charge in [0.15, 0.2) is 0 Å². The van der Waals surface area contributed by atoms with Gasteiger partial charge in [0.25, 0.3) is 5.91 Å². The molecule has 1 aliphatic rings. The van der Waals surface area contributed by atoms with Crippen LogP contribution in [0.2, 0.25) is 0 Å². The summed E-state index contributed by atoms with van der Waals surface area (Å²) in [6, 6.07) is 12.2. The van der Waals surface area contributed by atoms with E-state index in [1.165, 1.54) is 12.1 Å². The maximum absolute atomic E-state index is 12.7. The molecule has 3 heterocycles. The van der Waals surface area contributed by atoms with Crippen molar-refractivity contribution in [1.29, 1.82) is 0 Å². The summed E-state index contributed by atoms with van der Waals surface area (Å²) in [6.07, 6.45) is -0.676. The van der Waals surface area contributed by atoms with Crippen molar-refractivity contribution in [1.82, 2.24) is 20.1 Å². The number of nitrogens with one attached hydrogen (secondary N) is 1. The quantitative estimate of drug-likeness (QED) is 0.707. The lowest BCUT2D eigenvalue weighted by molar-refractivity contribution is -0.137. The highest BCUT2D eigenvalue weighted by atomic mass is 19.4. The maximum Gasteiger partial charge on any atom is 0.416 e. The molecule has 0 aliphatic carbocycles. The summed E-state index contributed by atoms with van der Waals surface area (Å²) in [6.45, 7) is 0.646. The van der Waals surface area contributed by atoms with Crippen LogP contribution in [0.4, 0.5) is 13.2 Å². The van der Waals surface area contributed by atoms with E-state index in [0.717, 1.165) is 41.9 Å². The number of carbonyl (C=O) groups is 1. The average molecular weight is 400 g/mol. The number of nitrogens with zero attached hydrogens (tertiary/aromatic N) is 3. The Kier molecular flexibility index (Phi) is 5.08. The van der Waals surface area contributed by atoms with Crippen LogP contribution in [0.5, 0.6) is 0 Å². The van der Waals surface area contributed by atoms with Gasteiger partial charge in [-0.1, -0.05) is 18.2 Å². The molecule has 0 radical (unpaired) electrons. The third kappa shape index (κ3) is 4.16. The Bertz CT molecular complexity index is 984. The van der Waals surface area contributed by atoms with Crippen molar-refractivity contribution < 1.29 is 18.0 Å². The van der Waals surface area contributed by atoms with Crippen LogP contribution >= 0.6 is 0 Å². The molecule has 0 spiro atoms. The standard InChI is InChI=1S/C21H19F3N4O/c22-21(23,24)15-8-6-14(7-9-15)13-16-3-1-4-17(26-16)19-5-2-12-28(19)20(29)18-10-11-25-27-18/h1,3-4,6-11,19H,2,5,12-13H2,(H,25,27). The van der Waals surface area contributed by atoms with Crippen LogP contribution in [0.3, 0.4) is 0 Å². The molecule has 1 amide bonds. The number of likely N-dealkylation sites (tertiary alicyclic amines) is 1. The van der Waals surface area contributed by atoms with Crippen LogP contribution in [0.15, 0.2) is 54.7 Å². The topological polar surface area (TPSA) is 61.9 Å². The van der Waals surface area contributed by atoms with E-state index in [-0.39, 0.29) is 11.9 Å². The number of hydrogen-bond donors (Lipinski definition) is 1. The van der Waals surface area contributed by atoms with E-state index in [4.69, 9.17) is 4.98 Å². The molecule has 1 N–H and O–H groups in total. The highest BCUT2D eigenvalue weighted by molar-refractivity contribution is 5.92. The number of amides is 1. The number of aromatic nitrogens is 3. The van der Waals surface area contributed by atoms with Gasteiger partial charge in [-0.25, -0.2) is 0 Å². The first-order valence-corrected chi connectivity index (χ1v) is 9.34. The maximum atomic E-state index is 12.7. The number of rotatable bonds is 4. The Morgan fingerprint density at radius 1 is 1.14 bits per heavy atom. The van der Waals surface area contributed by atoms with E-state index >= 15 is 0 Å². The van der Waals surface area contributed by atoms with Gasteiger partial charge in [-0.15, -0.1) is 0 Å². The number of alkyl halides is 3. The van der Waals surface area contributed by atoms with Gasteiger partial charge < -0.3 is 4.90 Å². The smallest absolute Gasteiger partial charge is 0.329 e. The Morgan fingerprint density at radius 3 is 2.62 bits per heavy atom. The van der Waals surface area contributed by atoms with Crippen molar-refractivity contribution in [2.75, 3.05) is 6.54 Å². The predicted molar refractivity (Wildman–Crippen MR) is 100 cm³/mol. The van der Waals surface area contributed by atoms with Crippen LogP contribution in [-0.4, -0.2) is 32.5 Å². The van der Waals surface area contributed by atoms with Crippen LogP contribution in [-0.2, 0) is 12.6 Å². The zero-order valence-electron chi connectivity index (χ0n) is 15.5. The summed E-state index contributed by atoms with van der Waals surface area (Å²) in [5.74, 6) is -0.111. The van der Waals surface area contributed by atoms with Gasteiger partial charge in [-0.05, 0) is 48.7 Å². The van der Waals surface area contributed by atoms with Crippen molar-refractivity contribution in [3.05, 3.63) is 82.9 Å². The molecule has 0 bridgehead atoms. The number of aromatic amines is 1. The summed E-state index contributed by atoms with van der Waals surface area (Å²) < 4.78 is 38.2. The summed E-state index contributed by atoms with van der Waals surface area (Å²) in [4.78, 5) is 19.2. The SMILES string of the molecule is O=C(c1ccn[nH]1)N1CCCC1c1cccc(Cc2ccc(C(F)(F)F)cc2)n1. The molecule has 4 rings (SSSR count). The number of H-pyrrole nitrogens is 1. The van der Waals surface area contributed by atoms with E-state index in [2.05, 4.69) is 10.2 Å². The zero-order chi connectivity index (χ0) is 20.4. The molecule has 1 fully saturated rings. The van der Waals surface area contributed by atoms with Crippen molar-refractivity contribution >= 4 is 5.91 Å². The lowest BCUT2D eigenvalue weighted by Gasteiger charge is -2.24. The minimum absolute atomic E-state index is 0.111. The molecule has 2 aromatic heterocycles. The van der Waals surface area contributed by atoms with E-state index in [0.29, 0.717) is 18.7 Å². The Morgan fingerprint density at radius 2 is 1.93 bits per heavy atom. The van der Waals surface area contributed by atoms with Crippen LogP contribution in [0.1, 0.15) is 51.9 Å². The van der Waals surface area contributed by atoms with Crippen LogP contribution < -0.4 is 0 Å². The monoisotopic (exact) mass is 400 g/mol. The molecular formula is C21H19F3N4O. The third-order valence-corrected chi connectivity index (χ3v) is 5.08. The fraction of sp³-hybridized carbons (Fsp3) is 0.286. The minimum atomic E-state index is -4.34. The van der Waals surface area contributed by atoms with Crippen LogP contribution in [0.25, 0.3) is 0 Å². The van der Waals surface area contributed by atoms with E-state index in [1.807, 2.05) is 18.2 Å². The summed E-state index contributed by atoms with van der Waals surface area (Å²) in [5, 5.41) is 6.54. The van der Waals surface area contributed by atoms with Gasteiger partial charge in [0.1, 0.15) is 5.69 Å². The summed E-state index contributed by atoms with van der Waals surface area (Å²) in [5.41, 5.74) is 2.07. The first-order valence-electron chi connectivity index (χ1n) is 9.34. The second-order valence-corrected chi connectivity index (χ2v) is 7.05. The largest absolute Gasteiger partial charge is 0.416 e. The molecule has 29 heavy (non-hydrogen) atoms. The number of carbonyl (C=O) groups excluding carboxylic acids is 1. The first kappa shape index (κ1) is 19.2. The second kappa shape index (κ2) is 7.69. The molecule has 0 saturated carbocycles. The number of pyridine rings is 1. The molecule has 1 aromatic carbocycles. The highest BCUT2D eigenvalue weighted by Gasteiger charge is 2.32. The fourth-order valence-corrected chi connectivity index (χ4v) is 3.65. The summed E-state index contributed by atoms with van der Waals surface area (Å²) >= 11 is 0. The number of benzene rings is 1. The third-order valence-electron chi connectivity index (χ3n) is 5.08. The second-order valence-electron chi connectivity index (χ2n) is 7.05. The molecule has 1 unspecified atom stereocenters. The molecule has 1 atom stereocenters. The van der Waals surface area contributed by atoms with E-state index < -0.39 is 11.7 Å². The molecule has 150 valence electrons. The summed E-state index contributed by atoms with van der Waals surface area (Å²) in [7, 11) is 0. The van der Waals surface area contributed by atoms with E-state index in [1.54, 1.807) is 17.2 Å². The first-order chi connectivity index (χ1) is 13.9. The number of hydrogen-bond acceptors (Lipinski definition) is 3. The van der Waals surface area contributed by atoms with Crippen molar-refractivity contribution in [3.63, 3.8) is 0 Å². The molecule has 1 aliphatic heterocycles. The fourth-order valence-electron chi connectivity index (χ4n) is 3.65. The van der Waals surface area contributed by atoms with Gasteiger partial charge in [-0.2, -0.15) is 18.3 Å². The van der Waals surface area contributed by atoms with E-state index in [9.17, 15) is 18.0 Å². The molecule has 3 aromatic rings. The van der Waals surface area contributed by atoms with Crippen molar-refractivity contribution in [2.45, 2.75) is 31.5 Å². The van der Waals surface area contributed by atoms with Gasteiger partial charge in [0.05, 0.1) is 17.3 Å². The molecule has 8 heteroatoms. The normalized spacial score (nSPS) is 16.9. The predicted octanol–water partition coefficient (Wildman–Crippen LogP) is 4.39. The highest BCUT2D eigenvalue weighted by Crippen LogP contribution is 2.32. The Hall–Kier alpha value is -3.16. The Balaban J connectivity index is 1.52. The molecule has 5 nitrogen and oxygen atoms in total. The molecule has 1 saturated heterocycles. The lowest BCUT2D eigenvalue weighted by Crippen LogP contribution is -2.31. The average Bonchev–Trinajstić information content (AvgIpc) is 3.40.